The Morgan fingerprint density at radius 2 is 0.909 bits per heavy atom. The van der Waals surface area contributed by atoms with Crippen molar-refractivity contribution >= 4 is 45.2 Å². The van der Waals surface area contributed by atoms with Crippen LogP contribution in [0.5, 0.6) is 0 Å². The zero-order valence-electron chi connectivity index (χ0n) is 24.9. The molecule has 2 aliphatic carbocycles. The molecule has 0 saturated heterocycles. The number of benzene rings is 5. The van der Waals surface area contributed by atoms with Crippen LogP contribution in [0, 0.1) is 0 Å². The summed E-state index contributed by atoms with van der Waals surface area (Å²) in [7, 11) is 0. The Hall–Kier alpha value is -5.10. The quantitative estimate of drug-likeness (QED) is 0.176. The number of nitrogens with zero attached hydrogens (tertiary/aromatic N) is 2. The summed E-state index contributed by atoms with van der Waals surface area (Å²) in [4.78, 5) is 59.1. The minimum atomic E-state index is -1.06. The molecule has 0 unspecified atom stereocenters. The molecule has 6 heteroatoms. The summed E-state index contributed by atoms with van der Waals surface area (Å²) in [5, 5.41) is 3.62. The highest BCUT2D eigenvalue weighted by Crippen LogP contribution is 2.61. The third-order valence-corrected chi connectivity index (χ3v) is 10.8. The van der Waals surface area contributed by atoms with Gasteiger partial charge in [-0.05, 0) is 106 Å². The zero-order valence-corrected chi connectivity index (χ0v) is 24.9. The normalized spacial score (nSPS) is 22.5. The molecule has 4 aliphatic rings. The summed E-state index contributed by atoms with van der Waals surface area (Å²) in [5.74, 6) is -0.988. The van der Waals surface area contributed by atoms with Gasteiger partial charge in [-0.2, -0.15) is 0 Å². The lowest BCUT2D eigenvalue weighted by atomic mass is 9.59. The second kappa shape index (κ2) is 7.88. The van der Waals surface area contributed by atoms with Crippen LogP contribution in [0.1, 0.15) is 70.7 Å². The van der Waals surface area contributed by atoms with Gasteiger partial charge >= 0.3 is 0 Å². The molecule has 0 aromatic heterocycles. The van der Waals surface area contributed by atoms with Gasteiger partial charge in [0.05, 0.1) is 10.8 Å². The molecule has 0 N–H and O–H groups in total. The summed E-state index contributed by atoms with van der Waals surface area (Å²) in [6, 6.07) is 23.7. The SMILES string of the molecule is CCN1C(=O)c2ccc3c4c5c6c(ccc5c5c3c2[C@@](C)(C1=O)c1ccccc1-5)C(=O)N(CC)C(=O)[C@]6(C)c1ccccc1-4. The highest BCUT2D eigenvalue weighted by molar-refractivity contribution is 6.32. The molecule has 214 valence electrons. The van der Waals surface area contributed by atoms with Crippen molar-refractivity contribution in [3.8, 4) is 22.3 Å². The van der Waals surface area contributed by atoms with E-state index in [0.717, 1.165) is 66.1 Å². The van der Waals surface area contributed by atoms with Crippen LogP contribution in [-0.4, -0.2) is 46.5 Å². The molecule has 0 saturated carbocycles. The monoisotopic (exact) mass is 576 g/mol. The Balaban J connectivity index is 1.59. The Morgan fingerprint density at radius 1 is 0.523 bits per heavy atom. The van der Waals surface area contributed by atoms with Crippen molar-refractivity contribution in [2.24, 2.45) is 0 Å². The van der Waals surface area contributed by atoms with Crippen molar-refractivity contribution in [2.45, 2.75) is 38.5 Å². The predicted molar refractivity (Wildman–Crippen MR) is 169 cm³/mol. The fourth-order valence-corrected chi connectivity index (χ4v) is 8.94. The standard InChI is InChI=1S/C38H28N2O4/c1-5-39-33(41)23-17-15-21-28-20-12-8-10-14-26(20)38(4)32-24(34(42)40(6-2)36(38)44)18-16-22(30(28)32)27-19-11-7-9-13-25(19)37(3,35(39)43)31(23)29(21)27/h7-18H,5-6H2,1-4H3/t37-,38+. The number of likely N-dealkylation sites (N-methyl/N-ethyl adjacent to an activating group) is 2. The lowest BCUT2D eigenvalue weighted by molar-refractivity contribution is -0.134. The van der Waals surface area contributed by atoms with Gasteiger partial charge in [-0.1, -0.05) is 60.7 Å². The molecule has 0 fully saturated rings. The number of amides is 4. The van der Waals surface area contributed by atoms with Gasteiger partial charge in [0.1, 0.15) is 0 Å². The van der Waals surface area contributed by atoms with Crippen molar-refractivity contribution in [2.75, 3.05) is 13.1 Å². The number of rotatable bonds is 2. The van der Waals surface area contributed by atoms with E-state index in [2.05, 4.69) is 12.1 Å². The number of carbonyl (C=O) groups excluding carboxylic acids is 4. The summed E-state index contributed by atoms with van der Waals surface area (Å²) in [6.45, 7) is 8.16. The predicted octanol–water partition coefficient (Wildman–Crippen LogP) is 6.57. The van der Waals surface area contributed by atoms with Crippen LogP contribution >= 0.6 is 0 Å². The average molecular weight is 577 g/mol. The summed E-state index contributed by atoms with van der Waals surface area (Å²) in [5.41, 5.74) is 5.90. The van der Waals surface area contributed by atoms with E-state index in [1.54, 1.807) is 0 Å². The molecule has 2 heterocycles. The molecule has 5 aromatic rings. The molecule has 4 amide bonds. The van der Waals surface area contributed by atoms with Gasteiger partial charge in [-0.3, -0.25) is 29.0 Å². The van der Waals surface area contributed by atoms with Gasteiger partial charge in [-0.15, -0.1) is 0 Å². The Kier molecular flexibility index (Phi) is 4.55. The molecular formula is C38H28N2O4. The fourth-order valence-electron chi connectivity index (χ4n) is 8.94. The molecule has 0 spiro atoms. The molecule has 9 rings (SSSR count). The van der Waals surface area contributed by atoms with E-state index >= 15 is 0 Å². The molecule has 5 aromatic carbocycles. The average Bonchev–Trinajstić information content (AvgIpc) is 3.04. The van der Waals surface area contributed by atoms with E-state index in [9.17, 15) is 19.2 Å². The maximum absolute atomic E-state index is 14.3. The number of hydrogen-bond donors (Lipinski definition) is 0. The van der Waals surface area contributed by atoms with Crippen LogP contribution in [0.15, 0.2) is 72.8 Å². The largest absolute Gasteiger partial charge is 0.278 e. The van der Waals surface area contributed by atoms with Crippen molar-refractivity contribution in [1.29, 1.82) is 0 Å². The van der Waals surface area contributed by atoms with Crippen LogP contribution in [0.25, 0.3) is 43.8 Å². The Morgan fingerprint density at radius 3 is 1.30 bits per heavy atom. The fraction of sp³-hybridized carbons (Fsp3) is 0.211. The summed E-state index contributed by atoms with van der Waals surface area (Å²) >= 11 is 0. The minimum absolute atomic E-state index is 0.217. The van der Waals surface area contributed by atoms with Gasteiger partial charge in [0.2, 0.25) is 11.8 Å². The van der Waals surface area contributed by atoms with Crippen molar-refractivity contribution in [3.05, 3.63) is 106 Å². The summed E-state index contributed by atoms with van der Waals surface area (Å²) in [6.07, 6.45) is 0. The van der Waals surface area contributed by atoms with Gasteiger partial charge in [0.25, 0.3) is 11.8 Å². The first-order valence-corrected chi connectivity index (χ1v) is 15.2. The van der Waals surface area contributed by atoms with Gasteiger partial charge in [-0.25, -0.2) is 0 Å². The topological polar surface area (TPSA) is 74.8 Å². The molecule has 2 aliphatic heterocycles. The second-order valence-corrected chi connectivity index (χ2v) is 12.6. The van der Waals surface area contributed by atoms with Crippen LogP contribution in [0.4, 0.5) is 0 Å². The van der Waals surface area contributed by atoms with E-state index in [4.69, 9.17) is 0 Å². The highest BCUT2D eigenvalue weighted by atomic mass is 16.2. The number of imide groups is 2. The van der Waals surface area contributed by atoms with Crippen LogP contribution < -0.4 is 0 Å². The van der Waals surface area contributed by atoms with Crippen LogP contribution in [-0.2, 0) is 20.4 Å². The van der Waals surface area contributed by atoms with Gasteiger partial charge in [0, 0.05) is 24.2 Å². The minimum Gasteiger partial charge on any atom is -0.278 e. The van der Waals surface area contributed by atoms with E-state index in [0.29, 0.717) is 11.1 Å². The Labute approximate surface area is 253 Å². The number of hydrogen-bond acceptors (Lipinski definition) is 4. The first-order chi connectivity index (χ1) is 21.2. The molecule has 0 radical (unpaired) electrons. The van der Waals surface area contributed by atoms with E-state index in [-0.39, 0.29) is 36.7 Å². The number of fused-ring (bicyclic) bond motifs is 8. The van der Waals surface area contributed by atoms with Crippen LogP contribution in [0.3, 0.4) is 0 Å². The maximum Gasteiger partial charge on any atom is 0.260 e. The molecular weight excluding hydrogens is 548 g/mol. The summed E-state index contributed by atoms with van der Waals surface area (Å²) < 4.78 is 0. The van der Waals surface area contributed by atoms with Crippen molar-refractivity contribution in [1.82, 2.24) is 9.80 Å². The lowest BCUT2D eigenvalue weighted by Crippen LogP contribution is -2.54. The van der Waals surface area contributed by atoms with Crippen LogP contribution in [0.2, 0.25) is 0 Å². The third-order valence-electron chi connectivity index (χ3n) is 10.8. The van der Waals surface area contributed by atoms with Gasteiger partial charge in [0.15, 0.2) is 0 Å². The Bertz CT molecular complexity index is 2120. The second-order valence-electron chi connectivity index (χ2n) is 12.6. The molecule has 2 atom stereocenters. The first kappa shape index (κ1) is 25.4. The number of carbonyl (C=O) groups is 4. The highest BCUT2D eigenvalue weighted by Gasteiger charge is 2.55. The molecule has 0 bridgehead atoms. The molecule has 44 heavy (non-hydrogen) atoms. The van der Waals surface area contributed by atoms with Gasteiger partial charge < -0.3 is 0 Å². The maximum atomic E-state index is 14.3. The third kappa shape index (κ3) is 2.46. The van der Waals surface area contributed by atoms with Crippen molar-refractivity contribution in [3.63, 3.8) is 0 Å². The smallest absolute Gasteiger partial charge is 0.260 e. The molecule has 6 nitrogen and oxygen atoms in total. The van der Waals surface area contributed by atoms with Crippen molar-refractivity contribution < 1.29 is 19.2 Å². The van der Waals surface area contributed by atoms with E-state index in [1.165, 1.54) is 9.80 Å². The first-order valence-electron chi connectivity index (χ1n) is 15.2. The van der Waals surface area contributed by atoms with E-state index in [1.807, 2.05) is 88.4 Å². The lowest BCUT2D eigenvalue weighted by Gasteiger charge is -2.46. The zero-order chi connectivity index (χ0) is 30.4. The van der Waals surface area contributed by atoms with E-state index < -0.39 is 10.8 Å².